The Kier molecular flexibility index (Phi) is 5.64. The maximum atomic E-state index is 12.2. The van der Waals surface area contributed by atoms with Crippen LogP contribution in [0.25, 0.3) is 11.1 Å². The van der Waals surface area contributed by atoms with Gasteiger partial charge in [-0.2, -0.15) is 0 Å². The van der Waals surface area contributed by atoms with Crippen LogP contribution < -0.4 is 5.32 Å². The molecule has 1 aliphatic rings. The highest BCUT2D eigenvalue weighted by atomic mass is 32.1. The zero-order chi connectivity index (χ0) is 18.7. The summed E-state index contributed by atoms with van der Waals surface area (Å²) in [5.41, 5.74) is 4.59. The van der Waals surface area contributed by atoms with Crippen LogP contribution in [0.15, 0.2) is 48.5 Å². The molecule has 3 rings (SSSR count). The van der Waals surface area contributed by atoms with Crippen LogP contribution in [-0.2, 0) is 14.3 Å². The SMILES string of the molecule is CO[C@H](C)[C@H](NC(=O)OCC1c2ccccc2-c2ccccc21)C(=O)S. The average Bonchev–Trinajstić information content (AvgIpc) is 2.97. The van der Waals surface area contributed by atoms with Crippen molar-refractivity contribution in [3.63, 3.8) is 0 Å². The molecule has 0 saturated carbocycles. The van der Waals surface area contributed by atoms with Gasteiger partial charge >= 0.3 is 6.09 Å². The number of thiol groups is 1. The molecule has 0 unspecified atom stereocenters. The molecule has 0 heterocycles. The molecule has 0 fully saturated rings. The lowest BCUT2D eigenvalue weighted by Crippen LogP contribution is -2.47. The highest BCUT2D eigenvalue weighted by molar-refractivity contribution is 7.96. The first kappa shape index (κ1) is 18.5. The third-order valence-corrected chi connectivity index (χ3v) is 5.00. The highest BCUT2D eigenvalue weighted by Gasteiger charge is 2.30. The standard InChI is InChI=1S/C20H21NO4S/c1-12(24-2)18(19(22)26)21-20(23)25-11-17-15-9-5-3-7-13(15)14-8-4-6-10-16(14)17/h3-10,12,17-18H,11H2,1-2H3,(H,21,23)(H,22,26)/t12-,18+/m1/s1. The summed E-state index contributed by atoms with van der Waals surface area (Å²) in [5.74, 6) is -0.0295. The summed E-state index contributed by atoms with van der Waals surface area (Å²) in [6, 6.07) is 15.3. The van der Waals surface area contributed by atoms with Crippen molar-refractivity contribution in [1.82, 2.24) is 5.32 Å². The number of ether oxygens (including phenoxy) is 2. The Morgan fingerprint density at radius 1 is 1.08 bits per heavy atom. The molecule has 0 aromatic heterocycles. The summed E-state index contributed by atoms with van der Waals surface area (Å²) >= 11 is 3.80. The molecule has 0 radical (unpaired) electrons. The van der Waals surface area contributed by atoms with Gasteiger partial charge in [0.2, 0.25) is 5.12 Å². The van der Waals surface area contributed by atoms with Gasteiger partial charge in [-0.25, -0.2) is 4.79 Å². The topological polar surface area (TPSA) is 64.6 Å². The largest absolute Gasteiger partial charge is 0.449 e. The first-order valence-corrected chi connectivity index (χ1v) is 8.84. The molecule has 0 aliphatic heterocycles. The van der Waals surface area contributed by atoms with Crippen molar-refractivity contribution in [2.45, 2.75) is 25.0 Å². The molecule has 0 spiro atoms. The van der Waals surface area contributed by atoms with Crippen LogP contribution in [-0.4, -0.2) is 37.1 Å². The van der Waals surface area contributed by atoms with Crippen LogP contribution in [0.1, 0.15) is 24.0 Å². The fraction of sp³-hybridized carbons (Fsp3) is 0.300. The first-order valence-electron chi connectivity index (χ1n) is 8.40. The van der Waals surface area contributed by atoms with E-state index in [9.17, 15) is 9.59 Å². The molecule has 1 aliphatic carbocycles. The van der Waals surface area contributed by atoms with Gasteiger partial charge in [-0.05, 0) is 29.2 Å². The summed E-state index contributed by atoms with van der Waals surface area (Å²) in [6.45, 7) is 1.87. The highest BCUT2D eigenvalue weighted by Crippen LogP contribution is 2.44. The van der Waals surface area contributed by atoms with E-state index < -0.39 is 23.4 Å². The van der Waals surface area contributed by atoms with Crippen molar-refractivity contribution < 1.29 is 19.1 Å². The fourth-order valence-electron chi connectivity index (χ4n) is 3.28. The summed E-state index contributed by atoms with van der Waals surface area (Å²) in [5, 5.41) is 2.05. The summed E-state index contributed by atoms with van der Waals surface area (Å²) in [6.07, 6.45) is -1.16. The van der Waals surface area contributed by atoms with Crippen molar-refractivity contribution >= 4 is 23.8 Å². The zero-order valence-electron chi connectivity index (χ0n) is 14.6. The Morgan fingerprint density at radius 2 is 1.62 bits per heavy atom. The molecule has 6 heteroatoms. The Balaban J connectivity index is 1.72. The number of methoxy groups -OCH3 is 1. The minimum absolute atomic E-state index is 0.0295. The second kappa shape index (κ2) is 7.93. The first-order chi connectivity index (χ1) is 12.5. The average molecular weight is 371 g/mol. The third-order valence-electron chi connectivity index (χ3n) is 4.72. The van der Waals surface area contributed by atoms with Crippen molar-refractivity contribution in [1.29, 1.82) is 0 Å². The number of nitrogens with one attached hydrogen (secondary N) is 1. The lowest BCUT2D eigenvalue weighted by molar-refractivity contribution is -0.115. The Labute approximate surface area is 158 Å². The van der Waals surface area contributed by atoms with Gasteiger partial charge in [0.15, 0.2) is 0 Å². The van der Waals surface area contributed by atoms with Gasteiger partial charge in [0.25, 0.3) is 0 Å². The van der Waals surface area contributed by atoms with E-state index >= 15 is 0 Å². The lowest BCUT2D eigenvalue weighted by atomic mass is 9.98. The lowest BCUT2D eigenvalue weighted by Gasteiger charge is -2.21. The molecule has 0 saturated heterocycles. The number of amides is 1. The minimum Gasteiger partial charge on any atom is -0.449 e. The van der Waals surface area contributed by atoms with Crippen LogP contribution in [0, 0.1) is 0 Å². The summed E-state index contributed by atoms with van der Waals surface area (Å²) in [4.78, 5) is 23.8. The van der Waals surface area contributed by atoms with Crippen molar-refractivity contribution in [2.24, 2.45) is 0 Å². The molecular formula is C20H21NO4S. The van der Waals surface area contributed by atoms with Crippen LogP contribution in [0.3, 0.4) is 0 Å². The number of fused-ring (bicyclic) bond motifs is 3. The Hall–Kier alpha value is -2.31. The molecule has 1 amide bonds. The third kappa shape index (κ3) is 3.61. The number of rotatable bonds is 6. The van der Waals surface area contributed by atoms with Gasteiger partial charge in [0.1, 0.15) is 12.6 Å². The number of benzene rings is 2. The van der Waals surface area contributed by atoms with Crippen LogP contribution in [0.5, 0.6) is 0 Å². The summed E-state index contributed by atoms with van der Waals surface area (Å²) in [7, 11) is 1.47. The van der Waals surface area contributed by atoms with Gasteiger partial charge in [-0.15, -0.1) is 12.6 Å². The van der Waals surface area contributed by atoms with E-state index in [0.29, 0.717) is 0 Å². The van der Waals surface area contributed by atoms with Crippen LogP contribution >= 0.6 is 12.6 Å². The number of hydrogen-bond donors (Lipinski definition) is 2. The second-order valence-electron chi connectivity index (χ2n) is 6.23. The van der Waals surface area contributed by atoms with Gasteiger partial charge in [0, 0.05) is 13.0 Å². The Morgan fingerprint density at radius 3 is 2.12 bits per heavy atom. The maximum absolute atomic E-state index is 12.2. The van der Waals surface area contributed by atoms with Crippen molar-refractivity contribution in [3.8, 4) is 11.1 Å². The van der Waals surface area contributed by atoms with E-state index in [1.165, 1.54) is 7.11 Å². The molecule has 1 N–H and O–H groups in total. The van der Waals surface area contributed by atoms with E-state index in [0.717, 1.165) is 22.3 Å². The predicted molar refractivity (Wildman–Crippen MR) is 102 cm³/mol. The molecule has 136 valence electrons. The number of carbonyl (C=O) groups excluding carboxylic acids is 2. The zero-order valence-corrected chi connectivity index (χ0v) is 15.5. The quantitative estimate of drug-likeness (QED) is 0.764. The minimum atomic E-state index is -0.862. The predicted octanol–water partition coefficient (Wildman–Crippen LogP) is 3.39. The van der Waals surface area contributed by atoms with E-state index in [1.54, 1.807) is 6.92 Å². The second-order valence-corrected chi connectivity index (χ2v) is 6.67. The number of carbonyl (C=O) groups is 2. The van der Waals surface area contributed by atoms with Crippen molar-refractivity contribution in [2.75, 3.05) is 13.7 Å². The molecule has 0 bridgehead atoms. The molecule has 2 aromatic carbocycles. The smallest absolute Gasteiger partial charge is 0.407 e. The van der Waals surface area contributed by atoms with Gasteiger partial charge in [-0.1, -0.05) is 48.5 Å². The van der Waals surface area contributed by atoms with Gasteiger partial charge in [0.05, 0.1) is 6.10 Å². The normalized spacial score (nSPS) is 14.9. The van der Waals surface area contributed by atoms with Gasteiger partial charge in [-0.3, -0.25) is 4.79 Å². The van der Waals surface area contributed by atoms with Crippen LogP contribution in [0.4, 0.5) is 4.79 Å². The molecular weight excluding hydrogens is 350 g/mol. The Bertz CT molecular complexity index is 777. The van der Waals surface area contributed by atoms with Crippen molar-refractivity contribution in [3.05, 3.63) is 59.7 Å². The van der Waals surface area contributed by atoms with E-state index in [-0.39, 0.29) is 12.5 Å². The molecule has 5 nitrogen and oxygen atoms in total. The molecule has 2 aromatic rings. The number of alkyl carbamates (subject to hydrolysis) is 1. The van der Waals surface area contributed by atoms with E-state index in [1.807, 2.05) is 36.4 Å². The van der Waals surface area contributed by atoms with E-state index in [2.05, 4.69) is 30.1 Å². The number of hydrogen-bond acceptors (Lipinski definition) is 4. The summed E-state index contributed by atoms with van der Waals surface area (Å²) < 4.78 is 10.5. The fourth-order valence-corrected chi connectivity index (χ4v) is 3.56. The van der Waals surface area contributed by atoms with Gasteiger partial charge < -0.3 is 14.8 Å². The van der Waals surface area contributed by atoms with E-state index in [4.69, 9.17) is 9.47 Å². The molecule has 26 heavy (non-hydrogen) atoms. The van der Waals surface area contributed by atoms with Crippen LogP contribution in [0.2, 0.25) is 0 Å². The maximum Gasteiger partial charge on any atom is 0.407 e. The molecule has 2 atom stereocenters. The monoisotopic (exact) mass is 371 g/mol.